The molecule has 0 atom stereocenters. The second-order valence-electron chi connectivity index (χ2n) is 3.27. The van der Waals surface area contributed by atoms with Crippen LogP contribution in [0.5, 0.6) is 5.75 Å². The van der Waals surface area contributed by atoms with Crippen LogP contribution < -0.4 is 10.5 Å². The summed E-state index contributed by atoms with van der Waals surface area (Å²) in [5.74, 6) is 0.564. The molecule has 2 N–H and O–H groups in total. The van der Waals surface area contributed by atoms with Gasteiger partial charge in [0, 0.05) is 10.8 Å². The number of rotatable bonds is 5. The van der Waals surface area contributed by atoms with Crippen LogP contribution in [0.3, 0.4) is 0 Å². The molecule has 0 fully saturated rings. The van der Waals surface area contributed by atoms with Crippen LogP contribution in [0.15, 0.2) is 18.2 Å². The van der Waals surface area contributed by atoms with Gasteiger partial charge >= 0.3 is 0 Å². The quantitative estimate of drug-likeness (QED) is 0.822. The fourth-order valence-electron chi connectivity index (χ4n) is 1.07. The molecule has 0 saturated heterocycles. The zero-order valence-electron chi connectivity index (χ0n) is 8.94. The highest BCUT2D eigenvalue weighted by molar-refractivity contribution is 7.91. The molecule has 0 bridgehead atoms. The Labute approximate surface area is 100 Å². The number of nitrogens with two attached hydrogens (primary N) is 1. The van der Waals surface area contributed by atoms with Gasteiger partial charge in [-0.1, -0.05) is 18.5 Å². The van der Waals surface area contributed by atoms with E-state index < -0.39 is 9.84 Å². The van der Waals surface area contributed by atoms with Gasteiger partial charge in [-0.15, -0.1) is 0 Å². The lowest BCUT2D eigenvalue weighted by atomic mass is 10.3. The van der Waals surface area contributed by atoms with E-state index in [0.29, 0.717) is 16.5 Å². The van der Waals surface area contributed by atoms with Gasteiger partial charge < -0.3 is 10.5 Å². The number of nitrogen functional groups attached to an aromatic ring is 1. The minimum Gasteiger partial charge on any atom is -0.490 e. The van der Waals surface area contributed by atoms with Crippen LogP contribution in [-0.4, -0.2) is 26.5 Å². The van der Waals surface area contributed by atoms with Crippen LogP contribution in [0.1, 0.15) is 6.92 Å². The Balaban J connectivity index is 2.56. The monoisotopic (exact) mass is 263 g/mol. The van der Waals surface area contributed by atoms with Crippen molar-refractivity contribution in [3.63, 3.8) is 0 Å². The summed E-state index contributed by atoms with van der Waals surface area (Å²) < 4.78 is 27.7. The van der Waals surface area contributed by atoms with E-state index in [0.717, 1.165) is 0 Å². The van der Waals surface area contributed by atoms with E-state index in [1.54, 1.807) is 25.1 Å². The topological polar surface area (TPSA) is 69.4 Å². The number of sulfone groups is 1. The summed E-state index contributed by atoms with van der Waals surface area (Å²) in [4.78, 5) is 0. The van der Waals surface area contributed by atoms with Gasteiger partial charge in [0.1, 0.15) is 12.4 Å². The fraction of sp³-hybridized carbons (Fsp3) is 0.400. The van der Waals surface area contributed by atoms with Crippen molar-refractivity contribution in [3.05, 3.63) is 23.2 Å². The number of hydrogen-bond acceptors (Lipinski definition) is 4. The first kappa shape index (κ1) is 13.1. The van der Waals surface area contributed by atoms with E-state index in [1.165, 1.54) is 0 Å². The number of ether oxygens (including phenoxy) is 1. The van der Waals surface area contributed by atoms with E-state index in [2.05, 4.69) is 0 Å². The second kappa shape index (κ2) is 5.41. The Hall–Kier alpha value is -0.940. The van der Waals surface area contributed by atoms with E-state index in [-0.39, 0.29) is 18.1 Å². The third kappa shape index (κ3) is 3.90. The van der Waals surface area contributed by atoms with Crippen molar-refractivity contribution in [1.29, 1.82) is 0 Å². The summed E-state index contributed by atoms with van der Waals surface area (Å²) in [7, 11) is -3.00. The molecule has 6 heteroatoms. The number of halogens is 1. The molecule has 0 heterocycles. The van der Waals surface area contributed by atoms with Gasteiger partial charge in [0.25, 0.3) is 0 Å². The third-order valence-electron chi connectivity index (χ3n) is 2.06. The summed E-state index contributed by atoms with van der Waals surface area (Å²) in [6, 6.07) is 4.82. The van der Waals surface area contributed by atoms with Crippen molar-refractivity contribution < 1.29 is 13.2 Å². The summed E-state index contributed by atoms with van der Waals surface area (Å²) in [5, 5.41) is 0.519. The normalized spacial score (nSPS) is 11.4. The highest BCUT2D eigenvalue weighted by atomic mass is 35.5. The molecule has 4 nitrogen and oxygen atoms in total. The molecule has 1 aromatic rings. The summed E-state index contributed by atoms with van der Waals surface area (Å²) in [6.45, 7) is 1.70. The summed E-state index contributed by atoms with van der Waals surface area (Å²) in [6.07, 6.45) is 0. The Bertz CT molecular complexity index is 459. The van der Waals surface area contributed by atoms with Gasteiger partial charge in [-0.25, -0.2) is 8.42 Å². The number of anilines is 1. The van der Waals surface area contributed by atoms with Gasteiger partial charge in [-0.2, -0.15) is 0 Å². The predicted octanol–water partition coefficient (Wildman–Crippen LogP) is 1.74. The maximum absolute atomic E-state index is 11.2. The molecule has 0 amide bonds. The van der Waals surface area contributed by atoms with Crippen LogP contribution in [-0.2, 0) is 9.84 Å². The molecule has 0 aliphatic carbocycles. The van der Waals surface area contributed by atoms with Crippen LogP contribution in [0.4, 0.5) is 5.69 Å². The van der Waals surface area contributed by atoms with Gasteiger partial charge in [0.05, 0.1) is 11.4 Å². The lowest BCUT2D eigenvalue weighted by Gasteiger charge is -2.08. The summed E-state index contributed by atoms with van der Waals surface area (Å²) >= 11 is 5.71. The van der Waals surface area contributed by atoms with Crippen molar-refractivity contribution in [3.8, 4) is 5.75 Å². The zero-order chi connectivity index (χ0) is 12.2. The van der Waals surface area contributed by atoms with E-state index >= 15 is 0 Å². The zero-order valence-corrected chi connectivity index (χ0v) is 10.5. The second-order valence-corrected chi connectivity index (χ2v) is 6.18. The molecule has 0 spiro atoms. The number of benzene rings is 1. The molecule has 0 unspecified atom stereocenters. The average Bonchev–Trinajstić information content (AvgIpc) is 2.21. The molecule has 16 heavy (non-hydrogen) atoms. The minimum absolute atomic E-state index is 0.00837. The van der Waals surface area contributed by atoms with Gasteiger partial charge in [0.15, 0.2) is 9.84 Å². The first-order valence-electron chi connectivity index (χ1n) is 4.83. The molecule has 0 aliphatic rings. The van der Waals surface area contributed by atoms with Crippen LogP contribution in [0.2, 0.25) is 5.02 Å². The van der Waals surface area contributed by atoms with E-state index in [9.17, 15) is 8.42 Å². The SMILES string of the molecule is CCS(=O)(=O)CCOc1ccc(Cl)cc1N. The first-order valence-corrected chi connectivity index (χ1v) is 7.03. The van der Waals surface area contributed by atoms with Gasteiger partial charge in [-0.3, -0.25) is 0 Å². The van der Waals surface area contributed by atoms with Crippen LogP contribution in [0, 0.1) is 0 Å². The maximum Gasteiger partial charge on any atom is 0.153 e. The molecule has 90 valence electrons. The largest absolute Gasteiger partial charge is 0.490 e. The molecule has 0 aliphatic heterocycles. The molecule has 1 rings (SSSR count). The first-order chi connectivity index (χ1) is 7.44. The molecule has 0 saturated carbocycles. The van der Waals surface area contributed by atoms with Gasteiger partial charge in [-0.05, 0) is 18.2 Å². The standard InChI is InChI=1S/C10H14ClNO3S/c1-2-16(13,14)6-5-15-10-4-3-8(11)7-9(10)12/h3-4,7H,2,5-6,12H2,1H3. The van der Waals surface area contributed by atoms with Crippen molar-refractivity contribution >= 4 is 27.1 Å². The highest BCUT2D eigenvalue weighted by Gasteiger charge is 2.08. The molecule has 0 radical (unpaired) electrons. The van der Waals surface area contributed by atoms with Crippen LogP contribution >= 0.6 is 11.6 Å². The Kier molecular flexibility index (Phi) is 4.44. The number of hydrogen-bond donors (Lipinski definition) is 1. The fourth-order valence-corrected chi connectivity index (χ4v) is 1.88. The smallest absolute Gasteiger partial charge is 0.153 e. The molecule has 0 aromatic heterocycles. The third-order valence-corrected chi connectivity index (χ3v) is 3.97. The maximum atomic E-state index is 11.2. The van der Waals surface area contributed by atoms with Crippen molar-refractivity contribution in [1.82, 2.24) is 0 Å². The van der Waals surface area contributed by atoms with Crippen molar-refractivity contribution in [2.75, 3.05) is 23.8 Å². The molecular weight excluding hydrogens is 250 g/mol. The average molecular weight is 264 g/mol. The Morgan fingerprint density at radius 1 is 1.44 bits per heavy atom. The highest BCUT2D eigenvalue weighted by Crippen LogP contribution is 2.24. The van der Waals surface area contributed by atoms with Gasteiger partial charge in [0.2, 0.25) is 0 Å². The van der Waals surface area contributed by atoms with E-state index in [1.807, 2.05) is 0 Å². The van der Waals surface area contributed by atoms with Crippen molar-refractivity contribution in [2.45, 2.75) is 6.92 Å². The van der Waals surface area contributed by atoms with Crippen molar-refractivity contribution in [2.24, 2.45) is 0 Å². The molecular formula is C10H14ClNO3S. The summed E-state index contributed by atoms with van der Waals surface area (Å²) in [5.41, 5.74) is 6.05. The minimum atomic E-state index is -3.00. The predicted molar refractivity (Wildman–Crippen MR) is 65.7 cm³/mol. The van der Waals surface area contributed by atoms with E-state index in [4.69, 9.17) is 22.1 Å². The van der Waals surface area contributed by atoms with Crippen LogP contribution in [0.25, 0.3) is 0 Å². The lowest BCUT2D eigenvalue weighted by Crippen LogP contribution is -2.15. The molecule has 1 aromatic carbocycles. The lowest BCUT2D eigenvalue weighted by molar-refractivity contribution is 0.342. The Morgan fingerprint density at radius 2 is 2.12 bits per heavy atom. The Morgan fingerprint density at radius 3 is 2.69 bits per heavy atom.